The summed E-state index contributed by atoms with van der Waals surface area (Å²) in [6.07, 6.45) is 2.33. The summed E-state index contributed by atoms with van der Waals surface area (Å²) in [5.74, 6) is -0.481. The highest BCUT2D eigenvalue weighted by Crippen LogP contribution is 2.24. The number of likely N-dealkylation sites (N-methyl/N-ethyl adjacent to an activating group) is 1. The molecule has 0 atom stereocenters. The van der Waals surface area contributed by atoms with Gasteiger partial charge in [-0.2, -0.15) is 4.98 Å². The van der Waals surface area contributed by atoms with Gasteiger partial charge in [0.2, 0.25) is 11.8 Å². The second kappa shape index (κ2) is 13.5. The molecule has 0 aliphatic rings. The van der Waals surface area contributed by atoms with Crippen LogP contribution in [0.1, 0.15) is 58.7 Å². The maximum Gasteiger partial charge on any atom is 0.407 e. The van der Waals surface area contributed by atoms with Crippen LogP contribution in [-0.4, -0.2) is 64.1 Å². The van der Waals surface area contributed by atoms with Crippen molar-refractivity contribution in [2.75, 3.05) is 30.8 Å². The fourth-order valence-corrected chi connectivity index (χ4v) is 4.20. The van der Waals surface area contributed by atoms with Crippen LogP contribution in [0.4, 0.5) is 16.5 Å². The Labute approximate surface area is 245 Å². The summed E-state index contributed by atoms with van der Waals surface area (Å²) >= 11 is 0. The number of nitrogens with zero attached hydrogens (tertiary/aromatic N) is 3. The minimum atomic E-state index is -1.11. The minimum absolute atomic E-state index is 0.0855. The van der Waals surface area contributed by atoms with E-state index in [0.29, 0.717) is 36.2 Å². The third kappa shape index (κ3) is 9.02. The molecule has 42 heavy (non-hydrogen) atoms. The van der Waals surface area contributed by atoms with Crippen molar-refractivity contribution in [2.45, 2.75) is 71.9 Å². The summed E-state index contributed by atoms with van der Waals surface area (Å²) in [4.78, 5) is 60.6. The van der Waals surface area contributed by atoms with Gasteiger partial charge in [0.1, 0.15) is 11.1 Å². The zero-order valence-electron chi connectivity index (χ0n) is 25.3. The first-order valence-corrected chi connectivity index (χ1v) is 13.8. The number of hydrogen-bond donors (Lipinski definition) is 3. The number of nitrogens with one attached hydrogen (secondary N) is 3. The van der Waals surface area contributed by atoms with Gasteiger partial charge in [-0.1, -0.05) is 6.07 Å². The Morgan fingerprint density at radius 2 is 1.81 bits per heavy atom. The molecule has 3 aromatic rings. The molecule has 226 valence electrons. The molecule has 0 unspecified atom stereocenters. The van der Waals surface area contributed by atoms with Crippen LogP contribution in [0.5, 0.6) is 0 Å². The van der Waals surface area contributed by atoms with E-state index in [1.54, 1.807) is 71.8 Å². The molecule has 0 saturated carbocycles. The molecule has 0 radical (unpaired) electrons. The lowest BCUT2D eigenvalue weighted by molar-refractivity contribution is -0.133. The Hall–Kier alpha value is -4.48. The number of hydrogen-bond acceptors (Lipinski definition) is 9. The lowest BCUT2D eigenvalue weighted by Crippen LogP contribution is -2.49. The van der Waals surface area contributed by atoms with Crippen LogP contribution in [0.15, 0.2) is 45.7 Å². The van der Waals surface area contributed by atoms with Crippen molar-refractivity contribution in [2.24, 2.45) is 0 Å². The Balaban J connectivity index is 1.62. The topological polar surface area (TPSA) is 156 Å². The fourth-order valence-electron chi connectivity index (χ4n) is 4.20. The standard InChI is InChI=1S/C30H40N6O6/c1-19-21(33-23(37)12-10-17-32-28(40)42-29(2,3)4)13-14-22-24(19)25(38)41-27(34-22)35-30(5,6)26(39)36(7)18-15-20-11-8-9-16-31-20/h8-9,11,13-14,16H,10,12,15,17-18H2,1-7H3,(H,32,40)(H,33,37)(H,34,35). The number of pyridine rings is 1. The van der Waals surface area contributed by atoms with Crippen LogP contribution in [0, 0.1) is 6.92 Å². The Bertz CT molecular complexity index is 1480. The van der Waals surface area contributed by atoms with E-state index in [0.717, 1.165) is 5.69 Å². The molecule has 0 aliphatic carbocycles. The maximum absolute atomic E-state index is 13.2. The van der Waals surface area contributed by atoms with Gasteiger partial charge in [-0.15, -0.1) is 0 Å². The highest BCUT2D eigenvalue weighted by molar-refractivity contribution is 5.96. The number of amides is 3. The number of ether oxygens (including phenoxy) is 1. The van der Waals surface area contributed by atoms with Gasteiger partial charge in [0.25, 0.3) is 6.01 Å². The predicted molar refractivity (Wildman–Crippen MR) is 160 cm³/mol. The summed E-state index contributed by atoms with van der Waals surface area (Å²) in [6.45, 7) is 11.1. The normalized spacial score (nSPS) is 11.6. The zero-order chi connectivity index (χ0) is 31.1. The molecule has 0 aliphatic heterocycles. The number of rotatable bonds is 11. The zero-order valence-corrected chi connectivity index (χ0v) is 25.3. The van der Waals surface area contributed by atoms with Gasteiger partial charge in [0.15, 0.2) is 0 Å². The molecule has 2 aromatic heterocycles. The smallest absolute Gasteiger partial charge is 0.407 e. The molecular formula is C30H40N6O6. The minimum Gasteiger partial charge on any atom is -0.444 e. The number of aryl methyl sites for hydroxylation is 1. The quantitative estimate of drug-likeness (QED) is 0.285. The highest BCUT2D eigenvalue weighted by atomic mass is 16.6. The van der Waals surface area contributed by atoms with E-state index in [4.69, 9.17) is 9.15 Å². The second-order valence-electron chi connectivity index (χ2n) is 11.6. The third-order valence-electron chi connectivity index (χ3n) is 6.31. The molecule has 12 heteroatoms. The number of benzene rings is 1. The molecule has 3 amide bonds. The van der Waals surface area contributed by atoms with Gasteiger partial charge in [0.05, 0.1) is 10.9 Å². The first-order chi connectivity index (χ1) is 19.7. The molecular weight excluding hydrogens is 540 g/mol. The van der Waals surface area contributed by atoms with Crippen LogP contribution in [0.2, 0.25) is 0 Å². The molecule has 12 nitrogen and oxygen atoms in total. The SMILES string of the molecule is Cc1c(NC(=O)CCCNC(=O)OC(C)(C)C)ccc2nc(NC(C)(C)C(=O)N(C)CCc3ccccn3)oc(=O)c12. The van der Waals surface area contributed by atoms with E-state index in [2.05, 4.69) is 25.9 Å². The van der Waals surface area contributed by atoms with Crippen molar-refractivity contribution >= 4 is 40.5 Å². The highest BCUT2D eigenvalue weighted by Gasteiger charge is 2.32. The molecule has 3 rings (SSSR count). The Morgan fingerprint density at radius 3 is 2.48 bits per heavy atom. The van der Waals surface area contributed by atoms with E-state index < -0.39 is 22.9 Å². The second-order valence-corrected chi connectivity index (χ2v) is 11.6. The van der Waals surface area contributed by atoms with E-state index in [1.165, 1.54) is 0 Å². The number of alkyl carbamates (subject to hydrolysis) is 1. The van der Waals surface area contributed by atoms with E-state index in [1.807, 2.05) is 18.2 Å². The fraction of sp³-hybridized carbons (Fsp3) is 0.467. The molecule has 1 aromatic carbocycles. The lowest BCUT2D eigenvalue weighted by atomic mass is 10.0. The molecule has 0 bridgehead atoms. The van der Waals surface area contributed by atoms with E-state index >= 15 is 0 Å². The van der Waals surface area contributed by atoms with Crippen molar-refractivity contribution in [1.29, 1.82) is 0 Å². The number of carbonyl (C=O) groups is 3. The maximum atomic E-state index is 13.2. The van der Waals surface area contributed by atoms with Crippen LogP contribution < -0.4 is 21.6 Å². The van der Waals surface area contributed by atoms with Crippen LogP contribution in [0.3, 0.4) is 0 Å². The first kappa shape index (κ1) is 32.0. The van der Waals surface area contributed by atoms with Gasteiger partial charge in [-0.3, -0.25) is 14.6 Å². The summed E-state index contributed by atoms with van der Waals surface area (Å²) in [5, 5.41) is 8.59. The van der Waals surface area contributed by atoms with Crippen LogP contribution >= 0.6 is 0 Å². The van der Waals surface area contributed by atoms with Gasteiger partial charge >= 0.3 is 11.7 Å². The average Bonchev–Trinajstić information content (AvgIpc) is 2.90. The van der Waals surface area contributed by atoms with Crippen molar-refractivity contribution < 1.29 is 23.5 Å². The van der Waals surface area contributed by atoms with Crippen molar-refractivity contribution in [3.63, 3.8) is 0 Å². The van der Waals surface area contributed by atoms with Gasteiger partial charge < -0.3 is 30.0 Å². The van der Waals surface area contributed by atoms with E-state index in [9.17, 15) is 19.2 Å². The Kier molecular flexibility index (Phi) is 10.3. The van der Waals surface area contributed by atoms with Gasteiger partial charge in [-0.25, -0.2) is 9.59 Å². The van der Waals surface area contributed by atoms with E-state index in [-0.39, 0.29) is 36.2 Å². The molecule has 0 fully saturated rings. The number of anilines is 2. The van der Waals surface area contributed by atoms with Crippen LogP contribution in [0.25, 0.3) is 10.9 Å². The summed E-state index contributed by atoms with van der Waals surface area (Å²) in [6, 6.07) is 8.82. The molecule has 0 spiro atoms. The predicted octanol–water partition coefficient (Wildman–Crippen LogP) is 4.03. The number of carbonyl (C=O) groups excluding carboxylic acids is 3. The molecule has 2 heterocycles. The van der Waals surface area contributed by atoms with Gasteiger partial charge in [0, 0.05) is 50.6 Å². The number of aromatic nitrogens is 2. The average molecular weight is 581 g/mol. The van der Waals surface area contributed by atoms with Crippen LogP contribution in [-0.2, 0) is 20.7 Å². The Morgan fingerprint density at radius 1 is 1.07 bits per heavy atom. The monoisotopic (exact) mass is 580 g/mol. The van der Waals surface area contributed by atoms with Crippen molar-refractivity contribution in [3.8, 4) is 0 Å². The van der Waals surface area contributed by atoms with Gasteiger partial charge in [-0.05, 0) is 77.8 Å². The molecule has 0 saturated heterocycles. The summed E-state index contributed by atoms with van der Waals surface area (Å²) in [7, 11) is 1.70. The largest absolute Gasteiger partial charge is 0.444 e. The molecule has 3 N–H and O–H groups in total. The summed E-state index contributed by atoms with van der Waals surface area (Å²) < 4.78 is 10.6. The third-order valence-corrected chi connectivity index (χ3v) is 6.31. The number of fused-ring (bicyclic) bond motifs is 1. The van der Waals surface area contributed by atoms with Crippen molar-refractivity contribution in [3.05, 3.63) is 58.2 Å². The first-order valence-electron chi connectivity index (χ1n) is 13.8. The summed E-state index contributed by atoms with van der Waals surface area (Å²) in [5.41, 5.74) is -0.166. The van der Waals surface area contributed by atoms with Crippen molar-refractivity contribution in [1.82, 2.24) is 20.2 Å². The lowest BCUT2D eigenvalue weighted by Gasteiger charge is -2.30.